The summed E-state index contributed by atoms with van der Waals surface area (Å²) in [6, 6.07) is 20.3. The van der Waals surface area contributed by atoms with Crippen LogP contribution in [0.1, 0.15) is 18.1 Å². The van der Waals surface area contributed by atoms with Crippen molar-refractivity contribution in [2.75, 3.05) is 39.0 Å². The average molecular weight is 426 g/mol. The number of anilines is 1. The van der Waals surface area contributed by atoms with Crippen LogP contribution in [0.5, 0.6) is 5.75 Å². The summed E-state index contributed by atoms with van der Waals surface area (Å²) in [5.74, 6) is 1.45. The fraction of sp³-hybridized carbons (Fsp3) is 0.304. The normalized spacial score (nSPS) is 11.4. The molecule has 3 rings (SSSR count). The zero-order chi connectivity index (χ0) is 20.3. The molecule has 0 saturated heterocycles. The van der Waals surface area contributed by atoms with E-state index < -0.39 is 0 Å². The molecule has 0 aliphatic carbocycles. The summed E-state index contributed by atoms with van der Waals surface area (Å²) in [5, 5.41) is 9.53. The van der Waals surface area contributed by atoms with Crippen LogP contribution in [0.25, 0.3) is 11.3 Å². The first-order valence-corrected chi connectivity index (χ1v) is 9.98. The molecule has 0 unspecified atom stereocenters. The molecule has 0 aliphatic rings. The summed E-state index contributed by atoms with van der Waals surface area (Å²) in [7, 11) is 3.88. The van der Waals surface area contributed by atoms with E-state index in [1.165, 1.54) is 5.56 Å². The first kappa shape index (κ1) is 23.7. The highest BCUT2D eigenvalue weighted by molar-refractivity contribution is 7.59. The quantitative estimate of drug-likeness (QED) is 0.408. The van der Waals surface area contributed by atoms with Gasteiger partial charge in [0.15, 0.2) is 0 Å². The Balaban J connectivity index is 0.00000320. The van der Waals surface area contributed by atoms with Gasteiger partial charge in [-0.15, -0.1) is 0 Å². The Labute approximate surface area is 185 Å². The van der Waals surface area contributed by atoms with Gasteiger partial charge in [-0.1, -0.05) is 42.5 Å². The highest BCUT2D eigenvalue weighted by Gasteiger charge is 2.13. The monoisotopic (exact) mass is 425 g/mol. The molecule has 2 aromatic carbocycles. The van der Waals surface area contributed by atoms with Crippen molar-refractivity contribution in [1.82, 2.24) is 20.6 Å². The molecule has 0 fully saturated rings. The van der Waals surface area contributed by atoms with Crippen LogP contribution in [0.4, 0.5) is 5.95 Å². The van der Waals surface area contributed by atoms with Gasteiger partial charge in [-0.05, 0) is 44.4 Å². The van der Waals surface area contributed by atoms with Gasteiger partial charge in [0.25, 0.3) is 0 Å². The molecule has 0 aliphatic heterocycles. The Bertz CT molecular complexity index is 878. The summed E-state index contributed by atoms with van der Waals surface area (Å²) in [6.07, 6.45) is 2.65. The lowest BCUT2D eigenvalue weighted by atomic mass is 10.1. The van der Waals surface area contributed by atoms with Crippen LogP contribution in [0.3, 0.4) is 0 Å². The van der Waals surface area contributed by atoms with E-state index in [-0.39, 0.29) is 19.6 Å². The highest BCUT2D eigenvalue weighted by atomic mass is 32.1. The van der Waals surface area contributed by atoms with Crippen molar-refractivity contribution >= 4 is 19.4 Å². The number of hydrogen-bond acceptors (Lipinski definition) is 6. The van der Waals surface area contributed by atoms with Crippen molar-refractivity contribution in [3.05, 3.63) is 72.4 Å². The standard InChI is InChI=1S/C23H29N5O.H2S/c1-24-13-12-22(18-7-4-3-5-8-18)29-20-10-6-9-19(17-20)21-11-14-26-23(28-21)27-16-15-25-2;/h3-11,14,17,22,24-25H,12-13,15-16H2,1-2H3,(H,26,27,28);1H2/t22-;/m0./s1. The van der Waals surface area contributed by atoms with E-state index in [2.05, 4.69) is 38.1 Å². The summed E-state index contributed by atoms with van der Waals surface area (Å²) in [4.78, 5) is 8.92. The zero-order valence-electron chi connectivity index (χ0n) is 17.6. The lowest BCUT2D eigenvalue weighted by Gasteiger charge is -2.20. The molecule has 1 aromatic heterocycles. The number of ether oxygens (including phenoxy) is 1. The third kappa shape index (κ3) is 7.02. The molecule has 3 aromatic rings. The molecule has 1 atom stereocenters. The summed E-state index contributed by atoms with van der Waals surface area (Å²) >= 11 is 0. The number of nitrogens with zero attached hydrogens (tertiary/aromatic N) is 2. The van der Waals surface area contributed by atoms with Crippen LogP contribution in [0.15, 0.2) is 66.9 Å². The minimum Gasteiger partial charge on any atom is -0.486 e. The van der Waals surface area contributed by atoms with Crippen LogP contribution in [0, 0.1) is 0 Å². The Morgan fingerprint density at radius 2 is 1.70 bits per heavy atom. The maximum atomic E-state index is 6.37. The van der Waals surface area contributed by atoms with Crippen LogP contribution in [0.2, 0.25) is 0 Å². The van der Waals surface area contributed by atoms with Crippen LogP contribution < -0.4 is 20.7 Å². The van der Waals surface area contributed by atoms with E-state index >= 15 is 0 Å². The fourth-order valence-corrected chi connectivity index (χ4v) is 3.03. The Morgan fingerprint density at radius 3 is 2.47 bits per heavy atom. The van der Waals surface area contributed by atoms with Crippen molar-refractivity contribution < 1.29 is 4.74 Å². The Kier molecular flexibility index (Phi) is 10.1. The smallest absolute Gasteiger partial charge is 0.223 e. The third-order valence-corrected chi connectivity index (χ3v) is 4.55. The molecule has 0 saturated carbocycles. The van der Waals surface area contributed by atoms with Gasteiger partial charge in [-0.3, -0.25) is 0 Å². The lowest BCUT2D eigenvalue weighted by Crippen LogP contribution is -2.18. The third-order valence-electron chi connectivity index (χ3n) is 4.55. The predicted octanol–water partition coefficient (Wildman–Crippen LogP) is 3.62. The Hall–Kier alpha value is -2.61. The molecule has 0 amide bonds. The second kappa shape index (κ2) is 12.8. The van der Waals surface area contributed by atoms with Gasteiger partial charge in [0, 0.05) is 31.3 Å². The second-order valence-electron chi connectivity index (χ2n) is 6.73. The average Bonchev–Trinajstić information content (AvgIpc) is 2.78. The summed E-state index contributed by atoms with van der Waals surface area (Å²) < 4.78 is 6.37. The largest absolute Gasteiger partial charge is 0.486 e. The van der Waals surface area contributed by atoms with Gasteiger partial charge in [0.2, 0.25) is 5.95 Å². The minimum atomic E-state index is -0.0110. The number of nitrogens with one attached hydrogen (secondary N) is 3. The van der Waals surface area contributed by atoms with Gasteiger partial charge in [-0.25, -0.2) is 9.97 Å². The molecule has 0 bridgehead atoms. The van der Waals surface area contributed by atoms with Gasteiger partial charge >= 0.3 is 0 Å². The topological polar surface area (TPSA) is 71.1 Å². The second-order valence-corrected chi connectivity index (χ2v) is 6.73. The van der Waals surface area contributed by atoms with Crippen molar-refractivity contribution in [3.8, 4) is 17.0 Å². The first-order valence-electron chi connectivity index (χ1n) is 9.98. The number of aromatic nitrogens is 2. The van der Waals surface area contributed by atoms with Crippen LogP contribution in [-0.4, -0.2) is 43.7 Å². The molecule has 6 nitrogen and oxygen atoms in total. The van der Waals surface area contributed by atoms with E-state index in [1.807, 2.05) is 62.6 Å². The highest BCUT2D eigenvalue weighted by Crippen LogP contribution is 2.28. The van der Waals surface area contributed by atoms with Crippen LogP contribution in [-0.2, 0) is 0 Å². The summed E-state index contributed by atoms with van der Waals surface area (Å²) in [5.41, 5.74) is 3.04. The number of rotatable bonds is 11. The van der Waals surface area contributed by atoms with Crippen molar-refractivity contribution in [3.63, 3.8) is 0 Å². The number of benzene rings is 2. The predicted molar refractivity (Wildman–Crippen MR) is 129 cm³/mol. The first-order chi connectivity index (χ1) is 14.3. The lowest BCUT2D eigenvalue weighted by molar-refractivity contribution is 0.195. The molecule has 160 valence electrons. The van der Waals surface area contributed by atoms with Crippen molar-refractivity contribution in [1.29, 1.82) is 0 Å². The van der Waals surface area contributed by atoms with E-state index in [1.54, 1.807) is 6.20 Å². The number of hydrogen-bond donors (Lipinski definition) is 3. The van der Waals surface area contributed by atoms with E-state index in [4.69, 9.17) is 4.74 Å². The molecule has 1 heterocycles. The molecule has 0 spiro atoms. The van der Waals surface area contributed by atoms with Crippen LogP contribution >= 0.6 is 13.5 Å². The molecule has 7 heteroatoms. The SMILES string of the molecule is CNCCNc1nccc(-c2cccc(O[C@@H](CCNC)c3ccccc3)c2)n1.S. The van der Waals surface area contributed by atoms with Gasteiger partial charge < -0.3 is 20.7 Å². The summed E-state index contributed by atoms with van der Waals surface area (Å²) in [6.45, 7) is 2.50. The van der Waals surface area contributed by atoms with E-state index in [9.17, 15) is 0 Å². The molecule has 30 heavy (non-hydrogen) atoms. The van der Waals surface area contributed by atoms with Crippen molar-refractivity contribution in [2.24, 2.45) is 0 Å². The molecular formula is C23H31N5OS. The molecular weight excluding hydrogens is 394 g/mol. The molecule has 3 N–H and O–H groups in total. The minimum absolute atomic E-state index is 0. The van der Waals surface area contributed by atoms with Crippen molar-refractivity contribution in [2.45, 2.75) is 12.5 Å². The van der Waals surface area contributed by atoms with Gasteiger partial charge in [-0.2, -0.15) is 13.5 Å². The Morgan fingerprint density at radius 1 is 0.900 bits per heavy atom. The number of likely N-dealkylation sites (N-methyl/N-ethyl adjacent to an activating group) is 1. The maximum Gasteiger partial charge on any atom is 0.223 e. The van der Waals surface area contributed by atoms with E-state index in [0.717, 1.165) is 43.1 Å². The van der Waals surface area contributed by atoms with Gasteiger partial charge in [0.05, 0.1) is 5.69 Å². The molecule has 0 radical (unpaired) electrons. The fourth-order valence-electron chi connectivity index (χ4n) is 3.03. The maximum absolute atomic E-state index is 6.37. The van der Waals surface area contributed by atoms with Gasteiger partial charge in [0.1, 0.15) is 11.9 Å². The zero-order valence-corrected chi connectivity index (χ0v) is 18.6. The van der Waals surface area contributed by atoms with E-state index in [0.29, 0.717) is 5.95 Å².